The second kappa shape index (κ2) is 6.06. The highest BCUT2D eigenvalue weighted by molar-refractivity contribution is 5.33. The Bertz CT molecular complexity index is 423. The van der Waals surface area contributed by atoms with Gasteiger partial charge in [0, 0.05) is 12.6 Å². The van der Waals surface area contributed by atoms with Crippen LogP contribution in [0.1, 0.15) is 50.8 Å². The van der Waals surface area contributed by atoms with Crippen molar-refractivity contribution in [2.75, 3.05) is 6.54 Å². The third-order valence-electron chi connectivity index (χ3n) is 3.87. The Morgan fingerprint density at radius 3 is 2.68 bits per heavy atom. The van der Waals surface area contributed by atoms with Gasteiger partial charge in [0.05, 0.1) is 13.2 Å². The van der Waals surface area contributed by atoms with E-state index in [9.17, 15) is 0 Å². The van der Waals surface area contributed by atoms with Crippen LogP contribution in [0.25, 0.3) is 0 Å². The number of ether oxygens (including phenoxy) is 1. The summed E-state index contributed by atoms with van der Waals surface area (Å²) < 4.78 is 5.47. The lowest BCUT2D eigenvalue weighted by atomic mass is 9.85. The maximum absolute atomic E-state index is 5.47. The van der Waals surface area contributed by atoms with Crippen LogP contribution < -0.4 is 5.32 Å². The summed E-state index contributed by atoms with van der Waals surface area (Å²) in [4.78, 5) is 0. The number of benzene rings is 1. The van der Waals surface area contributed by atoms with Gasteiger partial charge in [-0.15, -0.1) is 0 Å². The predicted octanol–water partition coefficient (Wildman–Crippen LogP) is 3.67. The van der Waals surface area contributed by atoms with Crippen molar-refractivity contribution in [3.63, 3.8) is 0 Å². The number of hydrogen-bond acceptors (Lipinski definition) is 2. The summed E-state index contributed by atoms with van der Waals surface area (Å²) >= 11 is 0. The molecule has 0 radical (unpaired) electrons. The van der Waals surface area contributed by atoms with Gasteiger partial charge in [-0.2, -0.15) is 0 Å². The van der Waals surface area contributed by atoms with Gasteiger partial charge in [0.15, 0.2) is 0 Å². The summed E-state index contributed by atoms with van der Waals surface area (Å²) in [6.45, 7) is 11.8. The fourth-order valence-corrected chi connectivity index (χ4v) is 2.43. The molecule has 1 aliphatic rings. The summed E-state index contributed by atoms with van der Waals surface area (Å²) in [5.74, 6) is 0. The first-order valence-corrected chi connectivity index (χ1v) is 7.38. The van der Waals surface area contributed by atoms with Crippen LogP contribution in [0, 0.1) is 5.41 Å². The molecule has 0 saturated carbocycles. The highest BCUT2D eigenvalue weighted by atomic mass is 16.5. The van der Waals surface area contributed by atoms with Gasteiger partial charge in [-0.3, -0.25) is 0 Å². The van der Waals surface area contributed by atoms with Crippen LogP contribution in [-0.2, 0) is 24.4 Å². The molecule has 0 aromatic heterocycles. The first kappa shape index (κ1) is 14.5. The van der Waals surface area contributed by atoms with Crippen LogP contribution in [0.2, 0.25) is 0 Å². The highest BCUT2D eigenvalue weighted by Gasteiger charge is 2.18. The Kier molecular flexibility index (Phi) is 4.64. The molecule has 0 bridgehead atoms. The monoisotopic (exact) mass is 261 g/mol. The molecule has 0 spiro atoms. The zero-order chi connectivity index (χ0) is 13.9. The first-order chi connectivity index (χ1) is 8.96. The maximum atomic E-state index is 5.47. The van der Waals surface area contributed by atoms with Gasteiger partial charge in [0.2, 0.25) is 0 Å². The number of nitrogens with one attached hydrogen (secondary N) is 1. The average Bonchev–Trinajstić information content (AvgIpc) is 2.81. The fraction of sp³-hybridized carbons (Fsp3) is 0.647. The van der Waals surface area contributed by atoms with Crippen molar-refractivity contribution >= 4 is 0 Å². The molecule has 2 nitrogen and oxygen atoms in total. The molecule has 2 rings (SSSR count). The van der Waals surface area contributed by atoms with Gasteiger partial charge in [0.1, 0.15) is 0 Å². The average molecular weight is 261 g/mol. The lowest BCUT2D eigenvalue weighted by Crippen LogP contribution is -2.34. The predicted molar refractivity (Wildman–Crippen MR) is 80.2 cm³/mol. The molecule has 0 amide bonds. The summed E-state index contributed by atoms with van der Waals surface area (Å²) in [7, 11) is 0. The van der Waals surface area contributed by atoms with Crippen LogP contribution in [0.5, 0.6) is 0 Å². The normalized spacial score (nSPS) is 15.0. The van der Waals surface area contributed by atoms with E-state index in [1.165, 1.54) is 23.1 Å². The van der Waals surface area contributed by atoms with Crippen LogP contribution >= 0.6 is 0 Å². The first-order valence-electron chi connectivity index (χ1n) is 7.38. The van der Waals surface area contributed by atoms with Crippen LogP contribution in [-0.4, -0.2) is 12.6 Å². The van der Waals surface area contributed by atoms with Crippen molar-refractivity contribution < 1.29 is 4.74 Å². The van der Waals surface area contributed by atoms with E-state index in [2.05, 4.69) is 51.2 Å². The fourth-order valence-electron chi connectivity index (χ4n) is 2.43. The Labute approximate surface area is 117 Å². The number of fused-ring (bicyclic) bond motifs is 1. The van der Waals surface area contributed by atoms with Crippen molar-refractivity contribution in [3.8, 4) is 0 Å². The second-order valence-corrected chi connectivity index (χ2v) is 6.80. The Morgan fingerprint density at radius 1 is 1.21 bits per heavy atom. The molecule has 1 aliphatic heterocycles. The molecule has 1 N–H and O–H groups in total. The third-order valence-corrected chi connectivity index (χ3v) is 3.87. The van der Waals surface area contributed by atoms with Crippen molar-refractivity contribution in [1.29, 1.82) is 0 Å². The molecule has 0 saturated heterocycles. The summed E-state index contributed by atoms with van der Waals surface area (Å²) in [5, 5.41) is 3.54. The van der Waals surface area contributed by atoms with Gasteiger partial charge in [0.25, 0.3) is 0 Å². The number of hydrogen-bond donors (Lipinski definition) is 1. The van der Waals surface area contributed by atoms with Crippen LogP contribution in [0.3, 0.4) is 0 Å². The van der Waals surface area contributed by atoms with Gasteiger partial charge < -0.3 is 10.1 Å². The topological polar surface area (TPSA) is 21.3 Å². The molecule has 1 heterocycles. The largest absolute Gasteiger partial charge is 0.372 e. The van der Waals surface area contributed by atoms with E-state index in [4.69, 9.17) is 4.74 Å². The standard InChI is InChI=1S/C17H27NO/c1-13(2)18-12-17(3,4)8-7-14-5-6-15-10-19-11-16(15)9-14/h5-6,9,13,18H,7-8,10-12H2,1-4H3. The van der Waals surface area contributed by atoms with Crippen LogP contribution in [0.4, 0.5) is 0 Å². The summed E-state index contributed by atoms with van der Waals surface area (Å²) in [6.07, 6.45) is 2.37. The Balaban J connectivity index is 1.87. The van der Waals surface area contributed by atoms with Crippen molar-refractivity contribution in [3.05, 3.63) is 34.9 Å². The van der Waals surface area contributed by atoms with Gasteiger partial charge in [-0.1, -0.05) is 45.9 Å². The van der Waals surface area contributed by atoms with E-state index in [0.29, 0.717) is 11.5 Å². The van der Waals surface area contributed by atoms with E-state index in [0.717, 1.165) is 26.2 Å². The Hall–Kier alpha value is -0.860. The molecule has 0 aliphatic carbocycles. The zero-order valence-electron chi connectivity index (χ0n) is 12.8. The van der Waals surface area contributed by atoms with Crippen molar-refractivity contribution in [2.24, 2.45) is 5.41 Å². The van der Waals surface area contributed by atoms with E-state index >= 15 is 0 Å². The highest BCUT2D eigenvalue weighted by Crippen LogP contribution is 2.25. The maximum Gasteiger partial charge on any atom is 0.0725 e. The number of aryl methyl sites for hydroxylation is 1. The minimum Gasteiger partial charge on any atom is -0.372 e. The molecule has 1 aromatic carbocycles. The van der Waals surface area contributed by atoms with E-state index in [1.54, 1.807) is 0 Å². The molecule has 0 atom stereocenters. The molecule has 106 valence electrons. The van der Waals surface area contributed by atoms with Gasteiger partial charge in [-0.05, 0) is 34.9 Å². The van der Waals surface area contributed by atoms with E-state index in [1.807, 2.05) is 0 Å². The van der Waals surface area contributed by atoms with Crippen LogP contribution in [0.15, 0.2) is 18.2 Å². The minimum absolute atomic E-state index is 0.347. The summed E-state index contributed by atoms with van der Waals surface area (Å²) in [5.41, 5.74) is 4.54. The third kappa shape index (κ3) is 4.32. The smallest absolute Gasteiger partial charge is 0.0725 e. The SMILES string of the molecule is CC(C)NCC(C)(C)CCc1ccc2c(c1)COC2. The lowest BCUT2D eigenvalue weighted by Gasteiger charge is -2.26. The molecule has 2 heteroatoms. The van der Waals surface area contributed by atoms with Crippen molar-refractivity contribution in [2.45, 2.75) is 59.8 Å². The van der Waals surface area contributed by atoms with Gasteiger partial charge in [-0.25, -0.2) is 0 Å². The molecular weight excluding hydrogens is 234 g/mol. The van der Waals surface area contributed by atoms with Gasteiger partial charge >= 0.3 is 0 Å². The quantitative estimate of drug-likeness (QED) is 0.843. The Morgan fingerprint density at radius 2 is 1.95 bits per heavy atom. The molecule has 1 aromatic rings. The molecule has 0 fully saturated rings. The minimum atomic E-state index is 0.347. The second-order valence-electron chi connectivity index (χ2n) is 6.80. The zero-order valence-corrected chi connectivity index (χ0v) is 12.8. The molecule has 0 unspecified atom stereocenters. The molecular formula is C17H27NO. The van der Waals surface area contributed by atoms with Crippen molar-refractivity contribution in [1.82, 2.24) is 5.32 Å². The number of rotatable bonds is 6. The van der Waals surface area contributed by atoms with E-state index < -0.39 is 0 Å². The summed E-state index contributed by atoms with van der Waals surface area (Å²) in [6, 6.07) is 7.39. The lowest BCUT2D eigenvalue weighted by molar-refractivity contribution is 0.134. The van der Waals surface area contributed by atoms with E-state index in [-0.39, 0.29) is 0 Å². The molecule has 19 heavy (non-hydrogen) atoms.